The summed E-state index contributed by atoms with van der Waals surface area (Å²) >= 11 is 0. The predicted octanol–water partition coefficient (Wildman–Crippen LogP) is 2.68. The van der Waals surface area contributed by atoms with Gasteiger partial charge in [-0.25, -0.2) is 0 Å². The molecule has 0 saturated heterocycles. The lowest BCUT2D eigenvalue weighted by molar-refractivity contribution is -0.141. The van der Waals surface area contributed by atoms with Crippen molar-refractivity contribution in [3.63, 3.8) is 0 Å². The molecule has 0 atom stereocenters. The summed E-state index contributed by atoms with van der Waals surface area (Å²) in [6.45, 7) is 3.51. The molecule has 0 bridgehead atoms. The molecule has 35 heavy (non-hydrogen) atoms. The number of nitrogens with zero attached hydrogens (tertiary/aromatic N) is 1. The fraction of sp³-hybridized carbons (Fsp3) is 0.346. The summed E-state index contributed by atoms with van der Waals surface area (Å²) in [4.78, 5) is 61.2. The maximum Gasteiger partial charge on any atom is 0.269 e. The van der Waals surface area contributed by atoms with Crippen molar-refractivity contribution in [1.82, 2.24) is 15.8 Å². The third kappa shape index (κ3) is 5.24. The van der Waals surface area contributed by atoms with Crippen LogP contribution in [0.5, 0.6) is 0 Å². The summed E-state index contributed by atoms with van der Waals surface area (Å²) in [7, 11) is 0. The Bertz CT molecular complexity index is 1230. The average Bonchev–Trinajstić information content (AvgIpc) is 3.49. The number of carbonyl (C=O) groups is 5. The number of benzene rings is 2. The second kappa shape index (κ2) is 9.69. The van der Waals surface area contributed by atoms with Crippen LogP contribution in [-0.4, -0.2) is 41.0 Å². The fourth-order valence-electron chi connectivity index (χ4n) is 4.56. The number of hydrogen-bond acceptors (Lipinski definition) is 5. The van der Waals surface area contributed by atoms with Crippen LogP contribution in [0.15, 0.2) is 48.6 Å². The topological polar surface area (TPSA) is 125 Å². The molecule has 2 aromatic rings. The van der Waals surface area contributed by atoms with E-state index in [1.54, 1.807) is 24.3 Å². The van der Waals surface area contributed by atoms with Crippen molar-refractivity contribution in [2.75, 3.05) is 11.9 Å². The van der Waals surface area contributed by atoms with Crippen molar-refractivity contribution in [3.8, 4) is 0 Å². The van der Waals surface area contributed by atoms with Crippen LogP contribution in [-0.2, 0) is 19.2 Å². The molecule has 1 aliphatic heterocycles. The minimum atomic E-state index is -0.703. The highest BCUT2D eigenvalue weighted by atomic mass is 16.2. The van der Waals surface area contributed by atoms with Crippen LogP contribution < -0.4 is 16.2 Å². The molecule has 0 unspecified atom stereocenters. The number of hydrazine groups is 1. The van der Waals surface area contributed by atoms with Crippen LogP contribution in [0.25, 0.3) is 10.8 Å². The molecule has 5 amide bonds. The Morgan fingerprint density at radius 3 is 2.23 bits per heavy atom. The Morgan fingerprint density at radius 1 is 0.914 bits per heavy atom. The van der Waals surface area contributed by atoms with E-state index in [0.717, 1.165) is 40.7 Å². The van der Waals surface area contributed by atoms with E-state index in [9.17, 15) is 24.0 Å². The molecule has 3 N–H and O–H groups in total. The third-order valence-electron chi connectivity index (χ3n) is 6.84. The molecular formula is C26H28N4O5. The first-order valence-corrected chi connectivity index (χ1v) is 11.6. The lowest BCUT2D eigenvalue weighted by Crippen LogP contribution is -2.47. The number of nitrogens with one attached hydrogen (secondary N) is 3. The number of anilines is 1. The third-order valence-corrected chi connectivity index (χ3v) is 6.84. The summed E-state index contributed by atoms with van der Waals surface area (Å²) in [5.74, 6) is -2.02. The van der Waals surface area contributed by atoms with Crippen LogP contribution in [0.3, 0.4) is 0 Å². The van der Waals surface area contributed by atoms with Crippen LogP contribution in [0, 0.1) is 11.3 Å². The van der Waals surface area contributed by atoms with E-state index in [1.165, 1.54) is 12.8 Å². The van der Waals surface area contributed by atoms with Gasteiger partial charge in [-0.2, -0.15) is 0 Å². The van der Waals surface area contributed by atoms with Crippen molar-refractivity contribution < 1.29 is 24.0 Å². The largest absolute Gasteiger partial charge is 0.326 e. The molecule has 0 radical (unpaired) electrons. The monoisotopic (exact) mass is 476 g/mol. The fourth-order valence-corrected chi connectivity index (χ4v) is 4.56. The van der Waals surface area contributed by atoms with Crippen molar-refractivity contribution in [3.05, 3.63) is 54.1 Å². The molecule has 0 spiro atoms. The molecule has 1 saturated carbocycles. The summed E-state index contributed by atoms with van der Waals surface area (Å²) in [5.41, 5.74) is 5.05. The van der Waals surface area contributed by atoms with Gasteiger partial charge in [-0.3, -0.25) is 39.7 Å². The summed E-state index contributed by atoms with van der Waals surface area (Å²) < 4.78 is 0. The first-order chi connectivity index (χ1) is 16.6. The van der Waals surface area contributed by atoms with E-state index >= 15 is 0 Å². The standard InChI is InChI=1S/C26H28N4O5/c1-26(2,19-5-3-4-6-19)25(35)27-20-10-9-16-13-18(8-7-17(16)14-20)24(34)29-28-21(31)15-30-22(32)11-12-23(30)33/h7-14,19H,3-6,15H2,1-2H3,(H,27,35)(H,28,31)(H,29,34). The van der Waals surface area contributed by atoms with Gasteiger partial charge in [-0.05, 0) is 53.8 Å². The minimum absolute atomic E-state index is 0.00333. The van der Waals surface area contributed by atoms with E-state index in [2.05, 4.69) is 16.2 Å². The summed E-state index contributed by atoms with van der Waals surface area (Å²) in [6.07, 6.45) is 6.66. The van der Waals surface area contributed by atoms with Gasteiger partial charge >= 0.3 is 0 Å². The van der Waals surface area contributed by atoms with Gasteiger partial charge in [-0.1, -0.05) is 38.8 Å². The molecule has 9 heteroatoms. The highest BCUT2D eigenvalue weighted by Gasteiger charge is 2.38. The Labute approximate surface area is 202 Å². The summed E-state index contributed by atoms with van der Waals surface area (Å²) in [5, 5.41) is 4.67. The second-order valence-corrected chi connectivity index (χ2v) is 9.53. The van der Waals surface area contributed by atoms with E-state index in [-0.39, 0.29) is 5.91 Å². The van der Waals surface area contributed by atoms with Gasteiger partial charge < -0.3 is 5.32 Å². The number of carbonyl (C=O) groups excluding carboxylic acids is 5. The van der Waals surface area contributed by atoms with Gasteiger partial charge in [0.2, 0.25) is 5.91 Å². The maximum absolute atomic E-state index is 12.9. The zero-order valence-corrected chi connectivity index (χ0v) is 19.7. The summed E-state index contributed by atoms with van der Waals surface area (Å²) in [6, 6.07) is 10.5. The molecule has 1 heterocycles. The van der Waals surface area contributed by atoms with E-state index < -0.39 is 35.6 Å². The molecule has 0 aromatic heterocycles. The molecule has 2 aromatic carbocycles. The zero-order chi connectivity index (χ0) is 25.2. The quantitative estimate of drug-likeness (QED) is 0.437. The van der Waals surface area contributed by atoms with E-state index in [1.807, 2.05) is 26.0 Å². The Morgan fingerprint density at radius 2 is 1.54 bits per heavy atom. The van der Waals surface area contributed by atoms with Gasteiger partial charge in [0.15, 0.2) is 0 Å². The van der Waals surface area contributed by atoms with Crippen LogP contribution in [0.4, 0.5) is 5.69 Å². The van der Waals surface area contributed by atoms with Crippen LogP contribution in [0.1, 0.15) is 49.9 Å². The first kappa shape index (κ1) is 24.1. The smallest absolute Gasteiger partial charge is 0.269 e. The van der Waals surface area contributed by atoms with Crippen molar-refractivity contribution in [1.29, 1.82) is 0 Å². The van der Waals surface area contributed by atoms with Crippen molar-refractivity contribution >= 4 is 46.0 Å². The SMILES string of the molecule is CC(C)(C(=O)Nc1ccc2cc(C(=O)NNC(=O)CN3C(=O)C=CC3=O)ccc2c1)C1CCCC1. The lowest BCUT2D eigenvalue weighted by Gasteiger charge is -2.30. The molecule has 1 aliphatic carbocycles. The normalized spacial score (nSPS) is 16.1. The Balaban J connectivity index is 1.36. The average molecular weight is 477 g/mol. The number of fused-ring (bicyclic) bond motifs is 1. The van der Waals surface area contributed by atoms with Gasteiger partial charge in [0.1, 0.15) is 6.54 Å². The van der Waals surface area contributed by atoms with Gasteiger partial charge in [0, 0.05) is 28.8 Å². The highest BCUT2D eigenvalue weighted by molar-refractivity contribution is 6.14. The number of amides is 5. The molecule has 1 fully saturated rings. The molecule has 2 aliphatic rings. The molecule has 9 nitrogen and oxygen atoms in total. The zero-order valence-electron chi connectivity index (χ0n) is 19.7. The van der Waals surface area contributed by atoms with Crippen LogP contribution in [0.2, 0.25) is 0 Å². The predicted molar refractivity (Wildman–Crippen MR) is 130 cm³/mol. The van der Waals surface area contributed by atoms with Crippen LogP contribution >= 0.6 is 0 Å². The molecule has 182 valence electrons. The molecule has 4 rings (SSSR count). The second-order valence-electron chi connectivity index (χ2n) is 9.53. The van der Waals surface area contributed by atoms with Gasteiger partial charge in [0.05, 0.1) is 0 Å². The first-order valence-electron chi connectivity index (χ1n) is 11.6. The number of hydrogen-bond donors (Lipinski definition) is 3. The highest BCUT2D eigenvalue weighted by Crippen LogP contribution is 2.40. The Kier molecular flexibility index (Phi) is 6.68. The molecular weight excluding hydrogens is 448 g/mol. The van der Waals surface area contributed by atoms with Crippen molar-refractivity contribution in [2.24, 2.45) is 11.3 Å². The number of imide groups is 1. The number of rotatable bonds is 6. The van der Waals surface area contributed by atoms with Crippen molar-refractivity contribution in [2.45, 2.75) is 39.5 Å². The van der Waals surface area contributed by atoms with E-state index in [0.29, 0.717) is 17.2 Å². The minimum Gasteiger partial charge on any atom is -0.326 e. The Hall–Kier alpha value is -4.01. The van der Waals surface area contributed by atoms with Gasteiger partial charge in [-0.15, -0.1) is 0 Å². The van der Waals surface area contributed by atoms with E-state index in [4.69, 9.17) is 0 Å². The van der Waals surface area contributed by atoms with Gasteiger partial charge in [0.25, 0.3) is 23.6 Å². The lowest BCUT2D eigenvalue weighted by atomic mass is 9.77. The maximum atomic E-state index is 12.9.